The number of fused-ring (bicyclic) bond motifs is 1. The molecule has 1 amide bonds. The first-order chi connectivity index (χ1) is 13.4. The molecule has 3 heterocycles. The largest absolute Gasteiger partial charge is 0.433 e. The second kappa shape index (κ2) is 7.23. The molecule has 1 fully saturated rings. The molecule has 1 aliphatic rings. The van der Waals surface area contributed by atoms with Gasteiger partial charge in [0, 0.05) is 12.0 Å². The Morgan fingerprint density at radius 2 is 2.00 bits per heavy atom. The number of nitrogens with zero attached hydrogens (tertiary/aromatic N) is 3. The van der Waals surface area contributed by atoms with Crippen molar-refractivity contribution >= 4 is 22.5 Å². The van der Waals surface area contributed by atoms with Gasteiger partial charge in [-0.2, -0.15) is 18.3 Å². The van der Waals surface area contributed by atoms with E-state index in [0.717, 1.165) is 43.1 Å². The number of ether oxygens (including phenoxy) is 1. The van der Waals surface area contributed by atoms with E-state index in [2.05, 4.69) is 15.4 Å². The van der Waals surface area contributed by atoms with E-state index >= 15 is 0 Å². The third kappa shape index (κ3) is 3.57. The molecule has 9 heteroatoms. The van der Waals surface area contributed by atoms with Gasteiger partial charge >= 0.3 is 6.18 Å². The van der Waals surface area contributed by atoms with Crippen LogP contribution in [0.1, 0.15) is 41.7 Å². The van der Waals surface area contributed by atoms with E-state index in [-0.39, 0.29) is 17.6 Å². The Labute approximate surface area is 158 Å². The van der Waals surface area contributed by atoms with Crippen molar-refractivity contribution in [2.24, 2.45) is 0 Å². The summed E-state index contributed by atoms with van der Waals surface area (Å²) >= 11 is 0. The van der Waals surface area contributed by atoms with Crippen LogP contribution in [0.5, 0.6) is 0 Å². The van der Waals surface area contributed by atoms with Crippen molar-refractivity contribution in [2.75, 3.05) is 11.9 Å². The second-order valence-electron chi connectivity index (χ2n) is 6.52. The minimum absolute atomic E-state index is 0.158. The smallest absolute Gasteiger partial charge is 0.356 e. The molecule has 1 unspecified atom stereocenters. The van der Waals surface area contributed by atoms with Crippen molar-refractivity contribution in [1.29, 1.82) is 0 Å². The average molecular weight is 390 g/mol. The summed E-state index contributed by atoms with van der Waals surface area (Å²) in [6.07, 6.45) is -0.994. The van der Waals surface area contributed by atoms with Gasteiger partial charge in [-0.05, 0) is 37.5 Å². The van der Waals surface area contributed by atoms with Crippen LogP contribution in [-0.4, -0.2) is 27.3 Å². The fourth-order valence-electron chi connectivity index (χ4n) is 3.22. The molecule has 6 nitrogen and oxygen atoms in total. The van der Waals surface area contributed by atoms with Crippen LogP contribution in [0.25, 0.3) is 10.9 Å². The molecule has 1 atom stereocenters. The van der Waals surface area contributed by atoms with Crippen molar-refractivity contribution < 1.29 is 22.7 Å². The number of para-hydroxylation sites is 1. The van der Waals surface area contributed by atoms with Crippen LogP contribution in [0.3, 0.4) is 0 Å². The van der Waals surface area contributed by atoms with Crippen LogP contribution < -0.4 is 5.32 Å². The fraction of sp³-hybridized carbons (Fsp3) is 0.316. The first-order valence-corrected chi connectivity index (χ1v) is 8.87. The van der Waals surface area contributed by atoms with E-state index < -0.39 is 17.8 Å². The Morgan fingerprint density at radius 1 is 1.18 bits per heavy atom. The van der Waals surface area contributed by atoms with Crippen LogP contribution in [0.2, 0.25) is 0 Å². The zero-order valence-electron chi connectivity index (χ0n) is 14.7. The Bertz CT molecular complexity index is 993. The molecule has 0 saturated carbocycles. The second-order valence-corrected chi connectivity index (χ2v) is 6.52. The van der Waals surface area contributed by atoms with E-state index in [4.69, 9.17) is 4.74 Å². The number of aromatic nitrogens is 3. The maximum Gasteiger partial charge on any atom is 0.433 e. The fourth-order valence-corrected chi connectivity index (χ4v) is 3.22. The van der Waals surface area contributed by atoms with Crippen LogP contribution >= 0.6 is 0 Å². The van der Waals surface area contributed by atoms with Gasteiger partial charge in [0.05, 0.1) is 17.4 Å². The summed E-state index contributed by atoms with van der Waals surface area (Å²) in [5, 5.41) is 7.65. The Morgan fingerprint density at radius 3 is 2.68 bits per heavy atom. The first-order valence-electron chi connectivity index (χ1n) is 8.87. The van der Waals surface area contributed by atoms with Crippen LogP contribution in [0.15, 0.2) is 42.6 Å². The SMILES string of the molecule is O=C(Nc1ccc(C(F)(F)F)nc1)c1nn(C2CCCCO2)c2ccccc12. The van der Waals surface area contributed by atoms with E-state index in [9.17, 15) is 18.0 Å². The first kappa shape index (κ1) is 18.4. The highest BCUT2D eigenvalue weighted by Gasteiger charge is 2.32. The lowest BCUT2D eigenvalue weighted by molar-refractivity contribution is -0.141. The highest BCUT2D eigenvalue weighted by Crippen LogP contribution is 2.29. The minimum atomic E-state index is -4.53. The molecule has 4 rings (SSSR count). The molecule has 1 saturated heterocycles. The Hall–Kier alpha value is -2.94. The molecule has 0 bridgehead atoms. The van der Waals surface area contributed by atoms with E-state index in [1.807, 2.05) is 12.1 Å². The number of rotatable bonds is 3. The third-order valence-electron chi connectivity index (χ3n) is 4.57. The quantitative estimate of drug-likeness (QED) is 0.720. The van der Waals surface area contributed by atoms with E-state index in [1.54, 1.807) is 16.8 Å². The van der Waals surface area contributed by atoms with Crippen molar-refractivity contribution in [2.45, 2.75) is 31.7 Å². The highest BCUT2D eigenvalue weighted by molar-refractivity contribution is 6.11. The molecule has 146 valence electrons. The standard InChI is InChI=1S/C19H17F3N4O2/c20-19(21,22)15-9-8-12(11-23-15)24-18(27)17-13-5-1-2-6-14(13)26(25-17)16-7-3-4-10-28-16/h1-2,5-6,8-9,11,16H,3-4,7,10H2,(H,24,27). The molecule has 1 aliphatic heterocycles. The molecule has 1 N–H and O–H groups in total. The highest BCUT2D eigenvalue weighted by atomic mass is 19.4. The number of halogens is 3. The summed E-state index contributed by atoms with van der Waals surface area (Å²) in [6.45, 7) is 0.637. The van der Waals surface area contributed by atoms with Crippen molar-refractivity contribution in [3.8, 4) is 0 Å². The third-order valence-corrected chi connectivity index (χ3v) is 4.57. The van der Waals surface area contributed by atoms with Crippen molar-refractivity contribution in [3.05, 3.63) is 54.0 Å². The predicted octanol–water partition coefficient (Wildman–Crippen LogP) is 4.40. The maximum atomic E-state index is 12.7. The maximum absolute atomic E-state index is 12.7. The number of pyridine rings is 1. The van der Waals surface area contributed by atoms with Gasteiger partial charge in [0.2, 0.25) is 0 Å². The van der Waals surface area contributed by atoms with Gasteiger partial charge < -0.3 is 10.1 Å². The van der Waals surface area contributed by atoms with Gasteiger partial charge in [-0.1, -0.05) is 18.2 Å². The number of hydrogen-bond donors (Lipinski definition) is 1. The normalized spacial score (nSPS) is 17.6. The average Bonchev–Trinajstić information content (AvgIpc) is 3.08. The lowest BCUT2D eigenvalue weighted by Crippen LogP contribution is -2.20. The molecule has 0 spiro atoms. The van der Waals surface area contributed by atoms with Gasteiger partial charge in [0.25, 0.3) is 5.91 Å². The van der Waals surface area contributed by atoms with Crippen molar-refractivity contribution in [1.82, 2.24) is 14.8 Å². The summed E-state index contributed by atoms with van der Waals surface area (Å²) in [7, 11) is 0. The number of anilines is 1. The number of benzene rings is 1. The molecule has 1 aromatic carbocycles. The zero-order valence-corrected chi connectivity index (χ0v) is 14.7. The summed E-state index contributed by atoms with van der Waals surface area (Å²) in [4.78, 5) is 16.1. The number of hydrogen-bond acceptors (Lipinski definition) is 4. The molecule has 3 aromatic rings. The molecular formula is C19H17F3N4O2. The van der Waals surface area contributed by atoms with Crippen LogP contribution in [-0.2, 0) is 10.9 Å². The summed E-state index contributed by atoms with van der Waals surface area (Å²) < 4.78 is 45.4. The topological polar surface area (TPSA) is 69.0 Å². The van der Waals surface area contributed by atoms with E-state index in [1.165, 1.54) is 0 Å². The van der Waals surface area contributed by atoms with Gasteiger partial charge in [-0.3, -0.25) is 4.79 Å². The van der Waals surface area contributed by atoms with Crippen molar-refractivity contribution in [3.63, 3.8) is 0 Å². The molecule has 28 heavy (non-hydrogen) atoms. The summed E-state index contributed by atoms with van der Waals surface area (Å²) in [5.41, 5.74) is 0.0926. The van der Waals surface area contributed by atoms with Crippen LogP contribution in [0, 0.1) is 0 Å². The monoisotopic (exact) mass is 390 g/mol. The van der Waals surface area contributed by atoms with Gasteiger partial charge in [0.15, 0.2) is 11.9 Å². The molecule has 0 aliphatic carbocycles. The number of carbonyl (C=O) groups is 1. The Balaban J connectivity index is 1.62. The molecule has 0 radical (unpaired) electrons. The summed E-state index contributed by atoms with van der Waals surface area (Å²) in [5.74, 6) is -0.521. The number of alkyl halides is 3. The number of amides is 1. The number of carbonyl (C=O) groups excluding carboxylic acids is 1. The lowest BCUT2D eigenvalue weighted by atomic mass is 10.1. The number of nitrogens with one attached hydrogen (secondary N) is 1. The Kier molecular flexibility index (Phi) is 4.76. The van der Waals surface area contributed by atoms with Gasteiger partial charge in [-0.25, -0.2) is 9.67 Å². The van der Waals surface area contributed by atoms with Crippen LogP contribution in [0.4, 0.5) is 18.9 Å². The van der Waals surface area contributed by atoms with E-state index in [0.29, 0.717) is 12.0 Å². The summed E-state index contributed by atoms with van der Waals surface area (Å²) in [6, 6.07) is 9.27. The van der Waals surface area contributed by atoms with Gasteiger partial charge in [0.1, 0.15) is 5.69 Å². The lowest BCUT2D eigenvalue weighted by Gasteiger charge is -2.23. The van der Waals surface area contributed by atoms with Gasteiger partial charge in [-0.15, -0.1) is 0 Å². The molecular weight excluding hydrogens is 373 g/mol. The minimum Gasteiger partial charge on any atom is -0.356 e. The predicted molar refractivity (Wildman–Crippen MR) is 95.8 cm³/mol. The molecule has 2 aromatic heterocycles. The zero-order chi connectivity index (χ0) is 19.7.